The molecule has 1 N–H and O–H groups in total. The fourth-order valence-electron chi connectivity index (χ4n) is 2.50. The van der Waals surface area contributed by atoms with Crippen molar-refractivity contribution in [2.24, 2.45) is 5.92 Å². The lowest BCUT2D eigenvalue weighted by molar-refractivity contribution is 0.203. The highest BCUT2D eigenvalue weighted by Gasteiger charge is 2.16. The van der Waals surface area contributed by atoms with E-state index in [0.717, 1.165) is 25.4 Å². The van der Waals surface area contributed by atoms with Crippen LogP contribution in [0.3, 0.4) is 0 Å². The highest BCUT2D eigenvalue weighted by molar-refractivity contribution is 5.03. The zero-order chi connectivity index (χ0) is 12.8. The summed E-state index contributed by atoms with van der Waals surface area (Å²) in [6.45, 7) is 9.29. The topological polar surface area (TPSA) is 28.2 Å². The number of hydrogen-bond acceptors (Lipinski definition) is 3. The van der Waals surface area contributed by atoms with E-state index in [2.05, 4.69) is 41.2 Å². The standard InChI is InChI=1S/C15H25N3/c1-13-11-17-14(2)6-9-18(12-13)10-7-15-5-3-4-8-16-15/h3-5,8,13-14,17H,6-7,9-12H2,1-2H3. The summed E-state index contributed by atoms with van der Waals surface area (Å²) in [6.07, 6.45) is 4.20. The van der Waals surface area contributed by atoms with E-state index in [0.29, 0.717) is 6.04 Å². The minimum absolute atomic E-state index is 0.644. The number of rotatable bonds is 3. The molecule has 2 unspecified atom stereocenters. The molecule has 0 aromatic carbocycles. The summed E-state index contributed by atoms with van der Waals surface area (Å²) in [6, 6.07) is 6.82. The molecule has 0 radical (unpaired) electrons. The first kappa shape index (κ1) is 13.5. The van der Waals surface area contributed by atoms with Crippen molar-refractivity contribution >= 4 is 0 Å². The second-order valence-corrected chi connectivity index (χ2v) is 5.57. The van der Waals surface area contributed by atoms with Crippen molar-refractivity contribution in [1.29, 1.82) is 0 Å². The molecular weight excluding hydrogens is 222 g/mol. The minimum Gasteiger partial charge on any atom is -0.314 e. The zero-order valence-electron chi connectivity index (χ0n) is 11.6. The van der Waals surface area contributed by atoms with Gasteiger partial charge in [-0.3, -0.25) is 4.98 Å². The maximum atomic E-state index is 4.40. The van der Waals surface area contributed by atoms with E-state index in [9.17, 15) is 0 Å². The van der Waals surface area contributed by atoms with Crippen LogP contribution in [0.1, 0.15) is 26.0 Å². The molecular formula is C15H25N3. The van der Waals surface area contributed by atoms with E-state index in [-0.39, 0.29) is 0 Å². The van der Waals surface area contributed by atoms with Crippen LogP contribution in [0, 0.1) is 5.92 Å². The van der Waals surface area contributed by atoms with Gasteiger partial charge >= 0.3 is 0 Å². The summed E-state index contributed by atoms with van der Waals surface area (Å²) in [7, 11) is 0. The molecule has 2 rings (SSSR count). The molecule has 0 amide bonds. The van der Waals surface area contributed by atoms with Crippen LogP contribution in [-0.4, -0.2) is 42.1 Å². The molecule has 0 aliphatic carbocycles. The minimum atomic E-state index is 0.644. The van der Waals surface area contributed by atoms with E-state index in [1.54, 1.807) is 0 Å². The Morgan fingerprint density at radius 1 is 1.39 bits per heavy atom. The smallest absolute Gasteiger partial charge is 0.0416 e. The van der Waals surface area contributed by atoms with Crippen molar-refractivity contribution in [3.8, 4) is 0 Å². The molecule has 1 saturated heterocycles. The lowest BCUT2D eigenvalue weighted by Crippen LogP contribution is -2.43. The summed E-state index contributed by atoms with van der Waals surface area (Å²) in [5, 5.41) is 3.59. The predicted molar refractivity (Wildman–Crippen MR) is 75.6 cm³/mol. The molecule has 1 aromatic heterocycles. The molecule has 0 saturated carbocycles. The van der Waals surface area contributed by atoms with E-state index in [1.807, 2.05) is 12.3 Å². The highest BCUT2D eigenvalue weighted by Crippen LogP contribution is 2.08. The van der Waals surface area contributed by atoms with E-state index in [1.165, 1.54) is 25.2 Å². The summed E-state index contributed by atoms with van der Waals surface area (Å²) in [4.78, 5) is 6.99. The van der Waals surface area contributed by atoms with Crippen LogP contribution in [0.4, 0.5) is 0 Å². The second kappa shape index (κ2) is 6.86. The molecule has 1 aliphatic heterocycles. The van der Waals surface area contributed by atoms with Crippen LogP contribution in [-0.2, 0) is 6.42 Å². The van der Waals surface area contributed by atoms with Gasteiger partial charge in [-0.15, -0.1) is 0 Å². The third-order valence-corrected chi connectivity index (χ3v) is 3.67. The lowest BCUT2D eigenvalue weighted by Gasteiger charge is -2.31. The Bertz CT molecular complexity index is 339. The Kier molecular flexibility index (Phi) is 5.14. The second-order valence-electron chi connectivity index (χ2n) is 5.57. The van der Waals surface area contributed by atoms with Crippen LogP contribution in [0.2, 0.25) is 0 Å². The maximum Gasteiger partial charge on any atom is 0.0416 e. The van der Waals surface area contributed by atoms with Gasteiger partial charge in [-0.25, -0.2) is 0 Å². The fourth-order valence-corrected chi connectivity index (χ4v) is 2.50. The summed E-state index contributed by atoms with van der Waals surface area (Å²) in [5.41, 5.74) is 1.21. The zero-order valence-corrected chi connectivity index (χ0v) is 11.6. The Balaban J connectivity index is 1.83. The van der Waals surface area contributed by atoms with E-state index >= 15 is 0 Å². The van der Waals surface area contributed by atoms with E-state index in [4.69, 9.17) is 0 Å². The van der Waals surface area contributed by atoms with Crippen molar-refractivity contribution in [3.05, 3.63) is 30.1 Å². The predicted octanol–water partition coefficient (Wildman–Crippen LogP) is 1.94. The number of nitrogens with zero attached hydrogens (tertiary/aromatic N) is 2. The Morgan fingerprint density at radius 2 is 2.28 bits per heavy atom. The van der Waals surface area contributed by atoms with Gasteiger partial charge in [0.05, 0.1) is 0 Å². The van der Waals surface area contributed by atoms with Gasteiger partial charge < -0.3 is 10.2 Å². The fraction of sp³-hybridized carbons (Fsp3) is 0.667. The number of aromatic nitrogens is 1. The maximum absolute atomic E-state index is 4.40. The third kappa shape index (κ3) is 4.39. The molecule has 3 nitrogen and oxygen atoms in total. The van der Waals surface area contributed by atoms with Crippen LogP contribution >= 0.6 is 0 Å². The molecule has 2 heterocycles. The summed E-state index contributed by atoms with van der Waals surface area (Å²) >= 11 is 0. The monoisotopic (exact) mass is 247 g/mol. The average Bonchev–Trinajstić information content (AvgIpc) is 2.39. The SMILES string of the molecule is CC1CNC(C)CCN(CCc2ccccn2)C1. The first-order chi connectivity index (χ1) is 8.74. The first-order valence-electron chi connectivity index (χ1n) is 7.09. The molecule has 0 bridgehead atoms. The molecule has 0 spiro atoms. The number of nitrogens with one attached hydrogen (secondary N) is 1. The van der Waals surface area contributed by atoms with Crippen molar-refractivity contribution in [2.45, 2.75) is 32.7 Å². The molecule has 1 aromatic rings. The molecule has 2 atom stereocenters. The average molecular weight is 247 g/mol. The lowest BCUT2D eigenvalue weighted by atomic mass is 10.1. The van der Waals surface area contributed by atoms with Gasteiger partial charge in [-0.2, -0.15) is 0 Å². The van der Waals surface area contributed by atoms with Crippen molar-refractivity contribution in [3.63, 3.8) is 0 Å². The van der Waals surface area contributed by atoms with Gasteiger partial charge in [0, 0.05) is 37.4 Å². The van der Waals surface area contributed by atoms with Gasteiger partial charge in [0.15, 0.2) is 0 Å². The van der Waals surface area contributed by atoms with Crippen LogP contribution in [0.5, 0.6) is 0 Å². The quantitative estimate of drug-likeness (QED) is 0.885. The van der Waals surface area contributed by atoms with Gasteiger partial charge in [0.2, 0.25) is 0 Å². The van der Waals surface area contributed by atoms with Crippen LogP contribution in [0.15, 0.2) is 24.4 Å². The molecule has 100 valence electrons. The Hall–Kier alpha value is -0.930. The van der Waals surface area contributed by atoms with Crippen molar-refractivity contribution in [2.75, 3.05) is 26.2 Å². The van der Waals surface area contributed by atoms with Gasteiger partial charge in [-0.1, -0.05) is 13.0 Å². The van der Waals surface area contributed by atoms with Crippen LogP contribution < -0.4 is 5.32 Å². The highest BCUT2D eigenvalue weighted by atomic mass is 15.1. The first-order valence-corrected chi connectivity index (χ1v) is 7.09. The Labute approximate surface area is 111 Å². The number of hydrogen-bond donors (Lipinski definition) is 1. The molecule has 1 aliphatic rings. The molecule has 3 heteroatoms. The van der Waals surface area contributed by atoms with E-state index < -0.39 is 0 Å². The largest absolute Gasteiger partial charge is 0.314 e. The normalized spacial score (nSPS) is 26.6. The van der Waals surface area contributed by atoms with Gasteiger partial charge in [0.25, 0.3) is 0 Å². The van der Waals surface area contributed by atoms with Gasteiger partial charge in [0.1, 0.15) is 0 Å². The third-order valence-electron chi connectivity index (χ3n) is 3.67. The van der Waals surface area contributed by atoms with Crippen LogP contribution in [0.25, 0.3) is 0 Å². The van der Waals surface area contributed by atoms with Crippen molar-refractivity contribution < 1.29 is 0 Å². The van der Waals surface area contributed by atoms with Crippen molar-refractivity contribution in [1.82, 2.24) is 15.2 Å². The number of pyridine rings is 1. The van der Waals surface area contributed by atoms with Gasteiger partial charge in [-0.05, 0) is 44.5 Å². The molecule has 18 heavy (non-hydrogen) atoms. The molecule has 1 fully saturated rings. The Morgan fingerprint density at radius 3 is 3.06 bits per heavy atom. The summed E-state index contributed by atoms with van der Waals surface area (Å²) in [5.74, 6) is 0.733. The summed E-state index contributed by atoms with van der Waals surface area (Å²) < 4.78 is 0.